The molecule has 2 aromatic rings. The van der Waals surface area contributed by atoms with Gasteiger partial charge in [0, 0.05) is 25.8 Å². The molecule has 21 heavy (non-hydrogen) atoms. The predicted octanol–water partition coefficient (Wildman–Crippen LogP) is 2.37. The maximum atomic E-state index is 4.46. The van der Waals surface area contributed by atoms with E-state index in [1.54, 1.807) is 6.20 Å². The summed E-state index contributed by atoms with van der Waals surface area (Å²) in [5.41, 5.74) is 2.53. The van der Waals surface area contributed by atoms with Crippen molar-refractivity contribution in [3.05, 3.63) is 47.7 Å². The Morgan fingerprint density at radius 3 is 2.67 bits per heavy atom. The van der Waals surface area contributed by atoms with E-state index in [1.807, 2.05) is 18.2 Å². The zero-order valence-corrected chi connectivity index (χ0v) is 12.9. The number of benzene rings is 1. The maximum Gasteiger partial charge on any atom is 0.224 e. The molecule has 112 valence electrons. The number of aryl methyl sites for hydroxylation is 1. The molecule has 0 fully saturated rings. The first-order valence-corrected chi connectivity index (χ1v) is 7.15. The van der Waals surface area contributed by atoms with E-state index < -0.39 is 0 Å². The Balaban J connectivity index is 1.90. The SMILES string of the molecule is Cc1ccccc1CNc1nccc(NCCN(C)C)n1. The maximum absolute atomic E-state index is 4.46. The van der Waals surface area contributed by atoms with Gasteiger partial charge in [0.15, 0.2) is 0 Å². The second kappa shape index (κ2) is 7.59. The van der Waals surface area contributed by atoms with Crippen LogP contribution in [0.25, 0.3) is 0 Å². The number of anilines is 2. The summed E-state index contributed by atoms with van der Waals surface area (Å²) in [6.45, 7) is 4.67. The molecule has 1 aromatic heterocycles. The Labute approximate surface area is 126 Å². The monoisotopic (exact) mass is 285 g/mol. The van der Waals surface area contributed by atoms with Gasteiger partial charge in [0.25, 0.3) is 0 Å². The van der Waals surface area contributed by atoms with E-state index >= 15 is 0 Å². The lowest BCUT2D eigenvalue weighted by atomic mass is 10.1. The van der Waals surface area contributed by atoms with Gasteiger partial charge < -0.3 is 15.5 Å². The third-order valence-electron chi connectivity index (χ3n) is 3.22. The molecule has 0 atom stereocenters. The van der Waals surface area contributed by atoms with Crippen molar-refractivity contribution in [2.45, 2.75) is 13.5 Å². The van der Waals surface area contributed by atoms with Crippen LogP contribution in [-0.2, 0) is 6.54 Å². The van der Waals surface area contributed by atoms with Crippen molar-refractivity contribution >= 4 is 11.8 Å². The summed E-state index contributed by atoms with van der Waals surface area (Å²) in [5, 5.41) is 6.56. The fourth-order valence-corrected chi connectivity index (χ4v) is 1.93. The average molecular weight is 285 g/mol. The largest absolute Gasteiger partial charge is 0.369 e. The molecule has 0 amide bonds. The number of aromatic nitrogens is 2. The summed E-state index contributed by atoms with van der Waals surface area (Å²) in [6.07, 6.45) is 1.77. The third kappa shape index (κ3) is 5.04. The molecule has 0 saturated carbocycles. The summed E-state index contributed by atoms with van der Waals surface area (Å²) in [6, 6.07) is 10.2. The highest BCUT2D eigenvalue weighted by molar-refractivity contribution is 5.40. The van der Waals surface area contributed by atoms with Gasteiger partial charge in [-0.15, -0.1) is 0 Å². The molecular formula is C16H23N5. The zero-order chi connectivity index (χ0) is 15.1. The van der Waals surface area contributed by atoms with Crippen molar-refractivity contribution in [2.75, 3.05) is 37.8 Å². The van der Waals surface area contributed by atoms with E-state index in [4.69, 9.17) is 0 Å². The molecular weight excluding hydrogens is 262 g/mol. The van der Waals surface area contributed by atoms with Crippen molar-refractivity contribution in [3.8, 4) is 0 Å². The molecule has 0 spiro atoms. The van der Waals surface area contributed by atoms with E-state index in [-0.39, 0.29) is 0 Å². The standard InChI is InChI=1S/C16H23N5/c1-13-6-4-5-7-14(13)12-19-16-18-9-8-15(20-16)17-10-11-21(2)3/h4-9H,10-12H2,1-3H3,(H2,17,18,19,20). The lowest BCUT2D eigenvalue weighted by Gasteiger charge is -2.12. The van der Waals surface area contributed by atoms with Gasteiger partial charge in [0.2, 0.25) is 5.95 Å². The molecule has 0 aliphatic carbocycles. The van der Waals surface area contributed by atoms with Gasteiger partial charge in [-0.3, -0.25) is 0 Å². The van der Waals surface area contributed by atoms with Crippen LogP contribution in [0.15, 0.2) is 36.5 Å². The van der Waals surface area contributed by atoms with Crippen LogP contribution in [0.2, 0.25) is 0 Å². The van der Waals surface area contributed by atoms with Crippen molar-refractivity contribution in [1.82, 2.24) is 14.9 Å². The van der Waals surface area contributed by atoms with Crippen LogP contribution < -0.4 is 10.6 Å². The van der Waals surface area contributed by atoms with Gasteiger partial charge in [-0.25, -0.2) is 4.98 Å². The van der Waals surface area contributed by atoms with Gasteiger partial charge in [-0.05, 0) is 38.2 Å². The Hall–Kier alpha value is -2.14. The zero-order valence-electron chi connectivity index (χ0n) is 12.9. The minimum Gasteiger partial charge on any atom is -0.369 e. The van der Waals surface area contributed by atoms with Crippen molar-refractivity contribution < 1.29 is 0 Å². The van der Waals surface area contributed by atoms with Crippen LogP contribution in [0.1, 0.15) is 11.1 Å². The van der Waals surface area contributed by atoms with Crippen molar-refractivity contribution in [3.63, 3.8) is 0 Å². The summed E-state index contributed by atoms with van der Waals surface area (Å²) in [5.74, 6) is 1.49. The fourth-order valence-electron chi connectivity index (χ4n) is 1.93. The van der Waals surface area contributed by atoms with E-state index in [0.717, 1.165) is 25.5 Å². The fraction of sp³-hybridized carbons (Fsp3) is 0.375. The summed E-state index contributed by atoms with van der Waals surface area (Å²) < 4.78 is 0. The molecule has 0 bridgehead atoms. The van der Waals surface area contributed by atoms with Crippen LogP contribution in [0.3, 0.4) is 0 Å². The molecule has 0 aliphatic rings. The van der Waals surface area contributed by atoms with Crippen molar-refractivity contribution in [2.24, 2.45) is 0 Å². The molecule has 0 aliphatic heterocycles. The molecule has 0 saturated heterocycles. The minimum atomic E-state index is 0.646. The first-order chi connectivity index (χ1) is 10.1. The Morgan fingerprint density at radius 2 is 1.90 bits per heavy atom. The number of nitrogens with zero attached hydrogens (tertiary/aromatic N) is 3. The van der Waals surface area contributed by atoms with E-state index in [1.165, 1.54) is 11.1 Å². The lowest BCUT2D eigenvalue weighted by Crippen LogP contribution is -2.21. The number of hydrogen-bond acceptors (Lipinski definition) is 5. The third-order valence-corrected chi connectivity index (χ3v) is 3.22. The van der Waals surface area contributed by atoms with Crippen LogP contribution >= 0.6 is 0 Å². The van der Waals surface area contributed by atoms with E-state index in [2.05, 4.69) is 58.7 Å². The van der Waals surface area contributed by atoms with E-state index in [0.29, 0.717) is 5.95 Å². The molecule has 5 heteroatoms. The smallest absolute Gasteiger partial charge is 0.224 e. The quantitative estimate of drug-likeness (QED) is 0.818. The molecule has 2 rings (SSSR count). The molecule has 0 unspecified atom stereocenters. The Kier molecular flexibility index (Phi) is 5.51. The van der Waals surface area contributed by atoms with Crippen molar-refractivity contribution in [1.29, 1.82) is 0 Å². The predicted molar refractivity (Wildman–Crippen MR) is 87.6 cm³/mol. The normalized spacial score (nSPS) is 10.7. The first kappa shape index (κ1) is 15.3. The van der Waals surface area contributed by atoms with Crippen LogP contribution in [-0.4, -0.2) is 42.1 Å². The topological polar surface area (TPSA) is 53.1 Å². The van der Waals surface area contributed by atoms with Gasteiger partial charge in [0.1, 0.15) is 5.82 Å². The highest BCUT2D eigenvalue weighted by atomic mass is 15.1. The molecule has 1 aromatic carbocycles. The summed E-state index contributed by atoms with van der Waals surface area (Å²) in [4.78, 5) is 10.8. The van der Waals surface area contributed by atoms with Crippen LogP contribution in [0, 0.1) is 6.92 Å². The van der Waals surface area contributed by atoms with Gasteiger partial charge in [-0.2, -0.15) is 4.98 Å². The number of rotatable bonds is 7. The molecule has 5 nitrogen and oxygen atoms in total. The Morgan fingerprint density at radius 1 is 1.10 bits per heavy atom. The summed E-state index contributed by atoms with van der Waals surface area (Å²) in [7, 11) is 4.10. The second-order valence-electron chi connectivity index (χ2n) is 5.28. The number of hydrogen-bond donors (Lipinski definition) is 2. The second-order valence-corrected chi connectivity index (χ2v) is 5.28. The van der Waals surface area contributed by atoms with Gasteiger partial charge in [0.05, 0.1) is 0 Å². The lowest BCUT2D eigenvalue weighted by molar-refractivity contribution is 0.425. The average Bonchev–Trinajstić information content (AvgIpc) is 2.46. The van der Waals surface area contributed by atoms with Gasteiger partial charge in [-0.1, -0.05) is 24.3 Å². The summed E-state index contributed by atoms with van der Waals surface area (Å²) >= 11 is 0. The highest BCUT2D eigenvalue weighted by Gasteiger charge is 2.01. The Bertz CT molecular complexity index is 568. The molecule has 2 N–H and O–H groups in total. The van der Waals surface area contributed by atoms with E-state index in [9.17, 15) is 0 Å². The highest BCUT2D eigenvalue weighted by Crippen LogP contribution is 2.10. The first-order valence-electron chi connectivity index (χ1n) is 7.15. The van der Waals surface area contributed by atoms with Crippen LogP contribution in [0.4, 0.5) is 11.8 Å². The van der Waals surface area contributed by atoms with Gasteiger partial charge >= 0.3 is 0 Å². The minimum absolute atomic E-state index is 0.646. The molecule has 1 heterocycles. The number of nitrogens with one attached hydrogen (secondary N) is 2. The number of likely N-dealkylation sites (N-methyl/N-ethyl adjacent to an activating group) is 1. The van der Waals surface area contributed by atoms with Crippen LogP contribution in [0.5, 0.6) is 0 Å². The molecule has 0 radical (unpaired) electrons.